The lowest BCUT2D eigenvalue weighted by Gasteiger charge is -2.37. The van der Waals surface area contributed by atoms with Crippen molar-refractivity contribution in [2.45, 2.75) is 58.2 Å². The molecule has 4 heteroatoms. The van der Waals surface area contributed by atoms with Gasteiger partial charge in [-0.1, -0.05) is 30.3 Å². The maximum atomic E-state index is 6.40. The quantitative estimate of drug-likeness (QED) is 0.913. The molecule has 0 bridgehead atoms. The topological polar surface area (TPSA) is 47.1 Å². The number of nitrogens with zero attached hydrogens (tertiary/aromatic N) is 3. The molecule has 1 aromatic heterocycles. The Morgan fingerprint density at radius 2 is 1.83 bits per heavy atom. The number of hydrogen-bond donors (Lipinski definition) is 1. The number of hydrogen-bond acceptors (Lipinski definition) is 3. The highest BCUT2D eigenvalue weighted by molar-refractivity contribution is 5.18. The Kier molecular flexibility index (Phi) is 5.36. The van der Waals surface area contributed by atoms with Gasteiger partial charge in [-0.3, -0.25) is 4.68 Å². The highest BCUT2D eigenvalue weighted by Crippen LogP contribution is 2.27. The van der Waals surface area contributed by atoms with Gasteiger partial charge in [-0.25, -0.2) is 0 Å². The molecule has 0 aliphatic carbocycles. The minimum absolute atomic E-state index is 0.120. The molecule has 0 saturated carbocycles. The van der Waals surface area contributed by atoms with E-state index < -0.39 is 0 Å². The third kappa shape index (κ3) is 3.87. The van der Waals surface area contributed by atoms with Gasteiger partial charge in [-0.15, -0.1) is 0 Å². The first-order valence-corrected chi connectivity index (χ1v) is 9.12. The third-order valence-corrected chi connectivity index (χ3v) is 5.34. The Morgan fingerprint density at radius 3 is 2.42 bits per heavy atom. The summed E-state index contributed by atoms with van der Waals surface area (Å²) in [5.74, 6) is 0. The Morgan fingerprint density at radius 1 is 1.17 bits per heavy atom. The molecular formula is C20H30N4. The van der Waals surface area contributed by atoms with Crippen molar-refractivity contribution in [3.63, 3.8) is 0 Å². The molecule has 2 N–H and O–H groups in total. The van der Waals surface area contributed by atoms with Crippen LogP contribution in [0.3, 0.4) is 0 Å². The molecule has 130 valence electrons. The molecule has 2 unspecified atom stereocenters. The lowest BCUT2D eigenvalue weighted by atomic mass is 9.97. The molecule has 2 atom stereocenters. The lowest BCUT2D eigenvalue weighted by molar-refractivity contribution is 0.128. The highest BCUT2D eigenvalue weighted by Gasteiger charge is 2.26. The van der Waals surface area contributed by atoms with Crippen molar-refractivity contribution in [3.8, 4) is 0 Å². The van der Waals surface area contributed by atoms with Gasteiger partial charge in [-0.2, -0.15) is 5.10 Å². The van der Waals surface area contributed by atoms with Crippen LogP contribution in [0.25, 0.3) is 0 Å². The van der Waals surface area contributed by atoms with Crippen LogP contribution >= 0.6 is 0 Å². The van der Waals surface area contributed by atoms with Crippen molar-refractivity contribution in [2.24, 2.45) is 5.73 Å². The van der Waals surface area contributed by atoms with Crippen LogP contribution in [0.5, 0.6) is 0 Å². The number of piperidine rings is 1. The number of benzene rings is 1. The van der Waals surface area contributed by atoms with Crippen LogP contribution in [-0.4, -0.2) is 33.8 Å². The van der Waals surface area contributed by atoms with Crippen LogP contribution in [0.1, 0.15) is 55.2 Å². The molecule has 4 nitrogen and oxygen atoms in total. The Hall–Kier alpha value is -1.65. The minimum atomic E-state index is 0.120. The van der Waals surface area contributed by atoms with Gasteiger partial charge in [0.05, 0.1) is 11.7 Å². The second-order valence-corrected chi connectivity index (χ2v) is 7.24. The molecule has 2 heterocycles. The van der Waals surface area contributed by atoms with Crippen molar-refractivity contribution >= 4 is 0 Å². The smallest absolute Gasteiger partial charge is 0.0596 e. The first kappa shape index (κ1) is 17.2. The van der Waals surface area contributed by atoms with E-state index in [2.05, 4.69) is 65.8 Å². The molecule has 0 radical (unpaired) electrons. The number of aryl methyl sites for hydroxylation is 2. The molecule has 0 spiro atoms. The van der Waals surface area contributed by atoms with E-state index in [1.54, 1.807) is 0 Å². The van der Waals surface area contributed by atoms with Gasteiger partial charge in [0, 0.05) is 30.9 Å². The Bertz CT molecular complexity index is 641. The fourth-order valence-corrected chi connectivity index (χ4v) is 3.94. The lowest BCUT2D eigenvalue weighted by Crippen LogP contribution is -2.42. The molecule has 1 fully saturated rings. The average molecular weight is 326 g/mol. The van der Waals surface area contributed by atoms with Crippen LogP contribution in [0.2, 0.25) is 0 Å². The van der Waals surface area contributed by atoms with Crippen molar-refractivity contribution < 1.29 is 0 Å². The summed E-state index contributed by atoms with van der Waals surface area (Å²) in [5.41, 5.74) is 10.0. The van der Waals surface area contributed by atoms with Crippen molar-refractivity contribution in [1.29, 1.82) is 0 Å². The number of rotatable bonds is 5. The molecule has 1 aliphatic rings. The third-order valence-electron chi connectivity index (χ3n) is 5.34. The van der Waals surface area contributed by atoms with Crippen molar-refractivity contribution in [3.05, 3.63) is 53.3 Å². The van der Waals surface area contributed by atoms with E-state index in [0.717, 1.165) is 25.2 Å². The van der Waals surface area contributed by atoms with Gasteiger partial charge in [0.2, 0.25) is 0 Å². The SMILES string of the molecule is Cc1cc(C)n(C2CCN(C(C)CC(N)c3ccccc3)CC2)n1. The van der Waals surface area contributed by atoms with Crippen LogP contribution in [-0.2, 0) is 0 Å². The first-order valence-electron chi connectivity index (χ1n) is 9.12. The summed E-state index contributed by atoms with van der Waals surface area (Å²) < 4.78 is 2.23. The maximum Gasteiger partial charge on any atom is 0.0596 e. The number of likely N-dealkylation sites (tertiary alicyclic amines) is 1. The zero-order valence-electron chi connectivity index (χ0n) is 15.2. The van der Waals surface area contributed by atoms with Gasteiger partial charge in [0.15, 0.2) is 0 Å². The van der Waals surface area contributed by atoms with E-state index in [-0.39, 0.29) is 6.04 Å². The van der Waals surface area contributed by atoms with Crippen LogP contribution in [0, 0.1) is 13.8 Å². The Labute approximate surface area is 145 Å². The van der Waals surface area contributed by atoms with E-state index >= 15 is 0 Å². The normalized spacial score (nSPS) is 19.3. The van der Waals surface area contributed by atoms with Gasteiger partial charge in [-0.05, 0) is 51.7 Å². The maximum absolute atomic E-state index is 6.40. The molecule has 0 amide bonds. The summed E-state index contributed by atoms with van der Waals surface area (Å²) in [5, 5.41) is 4.67. The zero-order chi connectivity index (χ0) is 17.1. The summed E-state index contributed by atoms with van der Waals surface area (Å²) in [6, 6.07) is 13.8. The molecule has 1 saturated heterocycles. The fourth-order valence-electron chi connectivity index (χ4n) is 3.94. The summed E-state index contributed by atoms with van der Waals surface area (Å²) in [7, 11) is 0. The molecule has 1 aliphatic heterocycles. The Balaban J connectivity index is 1.53. The van der Waals surface area contributed by atoms with E-state index in [4.69, 9.17) is 5.73 Å². The van der Waals surface area contributed by atoms with E-state index in [1.165, 1.54) is 24.1 Å². The van der Waals surface area contributed by atoms with Crippen LogP contribution in [0.4, 0.5) is 0 Å². The first-order chi connectivity index (χ1) is 11.5. The van der Waals surface area contributed by atoms with Gasteiger partial charge in [0.1, 0.15) is 0 Å². The van der Waals surface area contributed by atoms with Crippen LogP contribution in [0.15, 0.2) is 36.4 Å². The minimum Gasteiger partial charge on any atom is -0.324 e. The largest absolute Gasteiger partial charge is 0.324 e. The molecule has 3 rings (SSSR count). The predicted molar refractivity (Wildman–Crippen MR) is 99.0 cm³/mol. The standard InChI is InChI=1S/C20H30N4/c1-15-13-17(3)24(22-15)19-9-11-23(12-10-19)16(2)14-20(21)18-7-5-4-6-8-18/h4-8,13,16,19-20H,9-12,14,21H2,1-3H3. The second kappa shape index (κ2) is 7.49. The summed E-state index contributed by atoms with van der Waals surface area (Å²) in [4.78, 5) is 2.59. The highest BCUT2D eigenvalue weighted by atomic mass is 15.3. The zero-order valence-corrected chi connectivity index (χ0v) is 15.2. The summed E-state index contributed by atoms with van der Waals surface area (Å²) >= 11 is 0. The summed E-state index contributed by atoms with van der Waals surface area (Å²) in [6.07, 6.45) is 3.36. The van der Waals surface area contributed by atoms with Gasteiger partial charge in [0.25, 0.3) is 0 Å². The van der Waals surface area contributed by atoms with Crippen molar-refractivity contribution in [2.75, 3.05) is 13.1 Å². The fraction of sp³-hybridized carbons (Fsp3) is 0.550. The predicted octanol–water partition coefficient (Wildman–Crippen LogP) is 3.62. The summed E-state index contributed by atoms with van der Waals surface area (Å²) in [6.45, 7) is 8.81. The van der Waals surface area contributed by atoms with Crippen molar-refractivity contribution in [1.82, 2.24) is 14.7 Å². The van der Waals surface area contributed by atoms with Gasteiger partial charge < -0.3 is 10.6 Å². The number of nitrogens with two attached hydrogens (primary N) is 1. The monoisotopic (exact) mass is 326 g/mol. The molecule has 1 aromatic carbocycles. The van der Waals surface area contributed by atoms with E-state index in [0.29, 0.717) is 12.1 Å². The van der Waals surface area contributed by atoms with E-state index in [9.17, 15) is 0 Å². The average Bonchev–Trinajstić information content (AvgIpc) is 2.94. The molecular weight excluding hydrogens is 296 g/mol. The number of aromatic nitrogens is 2. The van der Waals surface area contributed by atoms with E-state index in [1.807, 2.05) is 6.07 Å². The molecule has 24 heavy (non-hydrogen) atoms. The van der Waals surface area contributed by atoms with Gasteiger partial charge >= 0.3 is 0 Å². The molecule has 2 aromatic rings. The second-order valence-electron chi connectivity index (χ2n) is 7.24. The van der Waals surface area contributed by atoms with Crippen LogP contribution < -0.4 is 5.73 Å².